The predicted molar refractivity (Wildman–Crippen MR) is 90.5 cm³/mol. The van der Waals surface area contributed by atoms with Gasteiger partial charge in [0, 0.05) is 12.7 Å². The zero-order valence-electron chi connectivity index (χ0n) is 14.6. The zero-order chi connectivity index (χ0) is 19.4. The number of nitrogens with zero attached hydrogens (tertiary/aromatic N) is 5. The van der Waals surface area contributed by atoms with E-state index in [9.17, 15) is 18.0 Å². The lowest BCUT2D eigenvalue weighted by Gasteiger charge is -2.32. The average Bonchev–Trinajstić information content (AvgIpc) is 3.09. The molecule has 1 amide bonds. The highest BCUT2D eigenvalue weighted by molar-refractivity contribution is 7.08. The van der Waals surface area contributed by atoms with E-state index in [-0.39, 0.29) is 18.5 Å². The molecule has 3 heterocycles. The van der Waals surface area contributed by atoms with Crippen molar-refractivity contribution in [3.05, 3.63) is 28.5 Å². The van der Waals surface area contributed by atoms with E-state index in [0.717, 1.165) is 30.2 Å². The smallest absolute Gasteiger partial charge is 0.433 e. The number of hydrogen-bond donors (Lipinski definition) is 0. The molecule has 2 aromatic heterocycles. The molecule has 0 aliphatic carbocycles. The minimum atomic E-state index is -4.57. The predicted octanol–water partition coefficient (Wildman–Crippen LogP) is 2.98. The molecule has 0 spiro atoms. The van der Waals surface area contributed by atoms with Gasteiger partial charge in [-0.3, -0.25) is 4.79 Å². The molecule has 1 unspecified atom stereocenters. The van der Waals surface area contributed by atoms with Crippen LogP contribution in [0.2, 0.25) is 0 Å². The van der Waals surface area contributed by atoms with Gasteiger partial charge in [-0.2, -0.15) is 18.2 Å². The van der Waals surface area contributed by atoms with Crippen molar-refractivity contribution in [3.8, 4) is 6.01 Å². The van der Waals surface area contributed by atoms with E-state index in [4.69, 9.17) is 4.74 Å². The molecule has 11 heteroatoms. The molecule has 0 bridgehead atoms. The summed E-state index contributed by atoms with van der Waals surface area (Å²) in [6, 6.07) is 0.450. The van der Waals surface area contributed by atoms with Crippen LogP contribution in [-0.2, 0) is 12.6 Å². The first-order valence-corrected chi connectivity index (χ1v) is 9.33. The Hall–Kier alpha value is -2.30. The Balaban J connectivity index is 1.68. The molecule has 1 aliphatic rings. The lowest BCUT2D eigenvalue weighted by Crippen LogP contribution is -2.44. The highest BCUT2D eigenvalue weighted by Crippen LogP contribution is 2.28. The fraction of sp³-hybridized carbons (Fsp3) is 0.562. The standard InChI is InChI=1S/C16H18F3N5O2S/c1-2-4-11-13(27-23-22-11)14(25)24-8-3-5-10(9-24)26-15-20-7-6-12(21-15)16(17,18)19/h6-7,10H,2-5,8-9H2,1H3. The summed E-state index contributed by atoms with van der Waals surface area (Å²) in [7, 11) is 0. The second-order valence-corrected chi connectivity index (χ2v) is 6.91. The van der Waals surface area contributed by atoms with Crippen LogP contribution in [0.5, 0.6) is 6.01 Å². The normalized spacial score (nSPS) is 17.8. The Morgan fingerprint density at radius 2 is 2.26 bits per heavy atom. The zero-order valence-corrected chi connectivity index (χ0v) is 15.4. The van der Waals surface area contributed by atoms with Gasteiger partial charge >= 0.3 is 12.2 Å². The molecule has 27 heavy (non-hydrogen) atoms. The van der Waals surface area contributed by atoms with Gasteiger partial charge in [-0.1, -0.05) is 17.8 Å². The number of rotatable bonds is 5. The van der Waals surface area contributed by atoms with E-state index < -0.39 is 18.0 Å². The summed E-state index contributed by atoms with van der Waals surface area (Å²) in [5.74, 6) is -0.174. The van der Waals surface area contributed by atoms with Crippen molar-refractivity contribution in [2.24, 2.45) is 0 Å². The molecule has 1 saturated heterocycles. The summed E-state index contributed by atoms with van der Waals surface area (Å²) in [4.78, 5) is 22.1. The van der Waals surface area contributed by atoms with Crippen molar-refractivity contribution < 1.29 is 22.7 Å². The number of aromatic nitrogens is 4. The Labute approximate surface area is 157 Å². The fourth-order valence-electron chi connectivity index (χ4n) is 2.84. The number of amides is 1. The molecule has 2 aromatic rings. The monoisotopic (exact) mass is 401 g/mol. The van der Waals surface area contributed by atoms with Crippen LogP contribution in [0.4, 0.5) is 13.2 Å². The van der Waals surface area contributed by atoms with E-state index >= 15 is 0 Å². The number of piperidine rings is 1. The van der Waals surface area contributed by atoms with Crippen molar-refractivity contribution in [2.45, 2.75) is 44.9 Å². The number of hydrogen-bond acceptors (Lipinski definition) is 7. The molecule has 1 atom stereocenters. The third-order valence-corrected chi connectivity index (χ3v) is 4.85. The first kappa shape index (κ1) is 19.5. The van der Waals surface area contributed by atoms with Crippen LogP contribution in [0.1, 0.15) is 47.2 Å². The minimum absolute atomic E-state index is 0.174. The summed E-state index contributed by atoms with van der Waals surface area (Å²) in [5.41, 5.74) is -0.382. The Morgan fingerprint density at radius 1 is 1.44 bits per heavy atom. The van der Waals surface area contributed by atoms with Crippen LogP contribution < -0.4 is 4.74 Å². The van der Waals surface area contributed by atoms with Crippen LogP contribution in [0.3, 0.4) is 0 Å². The van der Waals surface area contributed by atoms with Crippen LogP contribution in [0, 0.1) is 0 Å². The number of ether oxygens (including phenoxy) is 1. The first-order chi connectivity index (χ1) is 12.9. The maximum absolute atomic E-state index is 12.8. The average molecular weight is 401 g/mol. The van der Waals surface area contributed by atoms with Gasteiger partial charge in [-0.15, -0.1) is 5.10 Å². The molecule has 7 nitrogen and oxygen atoms in total. The van der Waals surface area contributed by atoms with Crippen LogP contribution >= 0.6 is 11.5 Å². The Kier molecular flexibility index (Phi) is 5.88. The third kappa shape index (κ3) is 4.71. The summed E-state index contributed by atoms with van der Waals surface area (Å²) >= 11 is 1.06. The van der Waals surface area contributed by atoms with E-state index in [1.54, 1.807) is 4.90 Å². The van der Waals surface area contributed by atoms with Gasteiger partial charge in [0.05, 0.1) is 12.2 Å². The van der Waals surface area contributed by atoms with E-state index in [1.165, 1.54) is 0 Å². The molecule has 0 aromatic carbocycles. The maximum Gasteiger partial charge on any atom is 0.433 e. The summed E-state index contributed by atoms with van der Waals surface area (Å²) in [6.45, 7) is 2.79. The van der Waals surface area contributed by atoms with E-state index in [0.29, 0.717) is 36.4 Å². The Bertz CT molecular complexity index is 798. The van der Waals surface area contributed by atoms with Gasteiger partial charge in [-0.25, -0.2) is 4.98 Å². The second kappa shape index (κ2) is 8.15. The van der Waals surface area contributed by atoms with E-state index in [2.05, 4.69) is 19.6 Å². The summed E-state index contributed by atoms with van der Waals surface area (Å²) in [5, 5.41) is 4.00. The topological polar surface area (TPSA) is 81.1 Å². The molecular formula is C16H18F3N5O2S. The molecule has 0 N–H and O–H groups in total. The lowest BCUT2D eigenvalue weighted by atomic mass is 10.1. The highest BCUT2D eigenvalue weighted by Gasteiger charge is 2.34. The molecule has 0 saturated carbocycles. The van der Waals surface area contributed by atoms with Crippen molar-refractivity contribution in [1.82, 2.24) is 24.5 Å². The van der Waals surface area contributed by atoms with Gasteiger partial charge in [0.1, 0.15) is 11.0 Å². The van der Waals surface area contributed by atoms with Crippen LogP contribution in [0.25, 0.3) is 0 Å². The molecule has 3 rings (SSSR count). The largest absolute Gasteiger partial charge is 0.458 e. The SMILES string of the molecule is CCCc1nnsc1C(=O)N1CCCC(Oc2nccc(C(F)(F)F)n2)C1. The van der Waals surface area contributed by atoms with Crippen LogP contribution in [-0.4, -0.2) is 49.6 Å². The number of likely N-dealkylation sites (tertiary alicyclic amines) is 1. The van der Waals surface area contributed by atoms with Crippen molar-refractivity contribution in [2.75, 3.05) is 13.1 Å². The number of aryl methyl sites for hydroxylation is 1. The second-order valence-electron chi connectivity index (χ2n) is 6.15. The molecular weight excluding hydrogens is 383 g/mol. The lowest BCUT2D eigenvalue weighted by molar-refractivity contribution is -0.141. The summed E-state index contributed by atoms with van der Waals surface area (Å²) in [6.07, 6.45) is -1.23. The Morgan fingerprint density at radius 3 is 3.00 bits per heavy atom. The molecule has 0 radical (unpaired) electrons. The van der Waals surface area contributed by atoms with Crippen molar-refractivity contribution >= 4 is 17.4 Å². The first-order valence-electron chi connectivity index (χ1n) is 8.56. The number of carbonyl (C=O) groups excluding carboxylic acids is 1. The number of alkyl halides is 3. The van der Waals surface area contributed by atoms with Gasteiger partial charge in [0.15, 0.2) is 5.69 Å². The molecule has 1 fully saturated rings. The van der Waals surface area contributed by atoms with Gasteiger partial charge < -0.3 is 9.64 Å². The number of halogens is 3. The quantitative estimate of drug-likeness (QED) is 0.766. The van der Waals surface area contributed by atoms with Gasteiger partial charge in [-0.05, 0) is 36.9 Å². The van der Waals surface area contributed by atoms with Crippen LogP contribution in [0.15, 0.2) is 12.3 Å². The van der Waals surface area contributed by atoms with Gasteiger partial charge in [0.25, 0.3) is 5.91 Å². The third-order valence-electron chi connectivity index (χ3n) is 4.10. The minimum Gasteiger partial charge on any atom is -0.458 e. The maximum atomic E-state index is 12.8. The van der Waals surface area contributed by atoms with Crippen molar-refractivity contribution in [1.29, 1.82) is 0 Å². The highest BCUT2D eigenvalue weighted by atomic mass is 32.1. The fourth-order valence-corrected chi connectivity index (χ4v) is 3.51. The summed E-state index contributed by atoms with van der Waals surface area (Å²) < 4.78 is 47.7. The van der Waals surface area contributed by atoms with Gasteiger partial charge in [0.2, 0.25) is 0 Å². The van der Waals surface area contributed by atoms with E-state index in [1.807, 2.05) is 6.92 Å². The van der Waals surface area contributed by atoms with Crippen molar-refractivity contribution in [3.63, 3.8) is 0 Å². The molecule has 146 valence electrons. The number of carbonyl (C=O) groups is 1. The molecule has 1 aliphatic heterocycles.